The second-order valence-corrected chi connectivity index (χ2v) is 14.4. The van der Waals surface area contributed by atoms with Crippen LogP contribution >= 0.6 is 35.7 Å². The third-order valence-corrected chi connectivity index (χ3v) is 11.1. The van der Waals surface area contributed by atoms with Crippen molar-refractivity contribution in [2.75, 3.05) is 38.2 Å². The largest absolute Gasteiger partial charge is 0.393 e. The van der Waals surface area contributed by atoms with E-state index in [1.807, 2.05) is 0 Å². The number of rotatable bonds is 10. The number of aliphatic hydroxyl groups excluding tert-OH is 1. The number of thiocarbonyl (C=S) groups is 1. The zero-order chi connectivity index (χ0) is 27.3. The van der Waals surface area contributed by atoms with E-state index >= 15 is 0 Å². The Morgan fingerprint density at radius 2 is 1.97 bits per heavy atom. The summed E-state index contributed by atoms with van der Waals surface area (Å²) in [5, 5.41) is 13.0. The van der Waals surface area contributed by atoms with E-state index in [-0.39, 0.29) is 12.0 Å². The molecule has 3 fully saturated rings. The highest BCUT2D eigenvalue weighted by Crippen LogP contribution is 2.58. The van der Waals surface area contributed by atoms with Gasteiger partial charge in [-0.1, -0.05) is 61.1 Å². The molecule has 0 aromatic carbocycles. The van der Waals surface area contributed by atoms with Gasteiger partial charge in [0, 0.05) is 13.1 Å². The summed E-state index contributed by atoms with van der Waals surface area (Å²) in [4.78, 5) is 14.4. The number of terminal acetylenes is 1. The fourth-order valence-electron chi connectivity index (χ4n) is 6.48. The molecule has 7 heteroatoms. The van der Waals surface area contributed by atoms with Gasteiger partial charge in [-0.15, -0.1) is 24.6 Å². The Hall–Kier alpha value is -0.780. The summed E-state index contributed by atoms with van der Waals surface area (Å²) >= 11 is 8.33. The number of aliphatic hydroxyl groups is 1. The van der Waals surface area contributed by atoms with Crippen LogP contribution in [0.15, 0.2) is 23.3 Å². The number of carbonyl (C=O) groups excluding carboxylic acids is 1. The second kappa shape index (κ2) is 17.0. The summed E-state index contributed by atoms with van der Waals surface area (Å²) in [6.45, 7) is 7.31. The maximum atomic E-state index is 12.1. The Bertz CT molecular complexity index is 825. The van der Waals surface area contributed by atoms with Crippen LogP contribution in [0.3, 0.4) is 0 Å². The lowest BCUT2D eigenvalue weighted by Gasteiger charge is -2.43. The summed E-state index contributed by atoms with van der Waals surface area (Å²) < 4.78 is 0.855. The summed E-state index contributed by atoms with van der Waals surface area (Å²) in [6, 6.07) is 0. The van der Waals surface area contributed by atoms with Crippen molar-refractivity contribution in [3.8, 4) is 12.8 Å². The number of thioether (sulfide) groups is 2. The van der Waals surface area contributed by atoms with Crippen LogP contribution < -0.4 is 5.32 Å². The molecular weight excluding hydrogens is 517 g/mol. The van der Waals surface area contributed by atoms with Crippen molar-refractivity contribution in [3.63, 3.8) is 0 Å². The Balaban J connectivity index is 0.00000235. The first-order chi connectivity index (χ1) is 17.8. The number of nitrogens with zero attached hydrogens (tertiary/aromatic N) is 1. The van der Waals surface area contributed by atoms with Gasteiger partial charge in [0.2, 0.25) is 5.91 Å². The fraction of sp³-hybridized carbons (Fsp3) is 0.733. The molecule has 0 heterocycles. The standard InChI is InChI=1S/C28H46N2O2S3.C2H2/c1-4-34-27(33)35-20-26(32)29-16-18-30(3)17-14-23-12-13-25-22(8-6-15-28(23,25)2)11-10-21-7-5-9-24(31)19-21;1-2/h10-11,23-25,31H,4-9,12-20H2,1-3H3,(H,29,32);1-2H/b21-10-,22-11+;/t23-,24+,25?,28-;/m1./s1. The molecule has 0 aliphatic heterocycles. The number of hydrogen-bond donors (Lipinski definition) is 2. The van der Waals surface area contributed by atoms with Crippen molar-refractivity contribution in [2.24, 2.45) is 17.3 Å². The first-order valence-corrected chi connectivity index (χ1v) is 16.3. The molecular formula is C30H48N2O2S3. The molecule has 0 radical (unpaired) electrons. The zero-order valence-corrected chi connectivity index (χ0v) is 25.6. The molecule has 3 aliphatic carbocycles. The Morgan fingerprint density at radius 1 is 1.19 bits per heavy atom. The minimum Gasteiger partial charge on any atom is -0.393 e. The molecule has 4 atom stereocenters. The molecule has 208 valence electrons. The molecule has 1 amide bonds. The van der Waals surface area contributed by atoms with Crippen LogP contribution in [-0.4, -0.2) is 63.7 Å². The molecule has 4 nitrogen and oxygen atoms in total. The van der Waals surface area contributed by atoms with Crippen LogP contribution in [0.25, 0.3) is 0 Å². The smallest absolute Gasteiger partial charge is 0.230 e. The van der Waals surface area contributed by atoms with Crippen LogP contribution in [0.2, 0.25) is 0 Å². The van der Waals surface area contributed by atoms with E-state index in [1.54, 1.807) is 17.3 Å². The average Bonchev–Trinajstić information content (AvgIpc) is 3.23. The van der Waals surface area contributed by atoms with Crippen LogP contribution in [0.5, 0.6) is 0 Å². The SMILES string of the molecule is C#C.CCSC(=S)SCC(=O)NCCN(C)CC[C@H]1CCC2/C(=C/C=C3/CCC[C@H](O)C3)CCC[C@@]21C. The van der Waals surface area contributed by atoms with E-state index in [4.69, 9.17) is 12.2 Å². The number of likely N-dealkylation sites (N-methyl/N-ethyl adjacent to an activating group) is 1. The normalized spacial score (nSPS) is 29.5. The average molecular weight is 565 g/mol. The zero-order valence-electron chi connectivity index (χ0n) is 23.2. The molecule has 3 aliphatic rings. The Kier molecular flexibility index (Phi) is 14.9. The van der Waals surface area contributed by atoms with Crippen molar-refractivity contribution in [1.82, 2.24) is 10.2 Å². The van der Waals surface area contributed by atoms with Crippen molar-refractivity contribution >= 4 is 45.2 Å². The molecule has 2 N–H and O–H groups in total. The van der Waals surface area contributed by atoms with Gasteiger partial charge in [-0.25, -0.2) is 0 Å². The van der Waals surface area contributed by atoms with Gasteiger partial charge in [-0.2, -0.15) is 0 Å². The lowest BCUT2D eigenvalue weighted by atomic mass is 9.63. The maximum Gasteiger partial charge on any atom is 0.230 e. The van der Waals surface area contributed by atoms with Crippen LogP contribution in [0.4, 0.5) is 0 Å². The number of hydrogen-bond acceptors (Lipinski definition) is 6. The van der Waals surface area contributed by atoms with Gasteiger partial charge in [0.05, 0.1) is 11.9 Å². The van der Waals surface area contributed by atoms with Crippen molar-refractivity contribution in [2.45, 2.75) is 84.2 Å². The predicted octanol–water partition coefficient (Wildman–Crippen LogP) is 6.45. The summed E-state index contributed by atoms with van der Waals surface area (Å²) in [7, 11) is 2.18. The van der Waals surface area contributed by atoms with Crippen LogP contribution in [0.1, 0.15) is 78.1 Å². The number of nitrogens with one attached hydrogen (secondary N) is 1. The lowest BCUT2D eigenvalue weighted by Crippen LogP contribution is -2.37. The van der Waals surface area contributed by atoms with E-state index in [9.17, 15) is 9.90 Å². The minimum absolute atomic E-state index is 0.0767. The number of carbonyl (C=O) groups is 1. The molecule has 37 heavy (non-hydrogen) atoms. The van der Waals surface area contributed by atoms with Crippen LogP contribution in [0, 0.1) is 30.1 Å². The quantitative estimate of drug-likeness (QED) is 0.235. The molecule has 3 saturated carbocycles. The fourth-order valence-corrected chi connectivity index (χ4v) is 8.46. The number of amides is 1. The monoisotopic (exact) mass is 564 g/mol. The van der Waals surface area contributed by atoms with E-state index in [1.165, 1.54) is 55.9 Å². The van der Waals surface area contributed by atoms with Crippen molar-refractivity contribution in [1.29, 1.82) is 0 Å². The van der Waals surface area contributed by atoms with Gasteiger partial charge in [0.15, 0.2) is 0 Å². The third-order valence-electron chi connectivity index (χ3n) is 8.49. The van der Waals surface area contributed by atoms with Crippen molar-refractivity contribution in [3.05, 3.63) is 23.3 Å². The molecule has 0 aromatic rings. The van der Waals surface area contributed by atoms with E-state index in [2.05, 4.69) is 56.1 Å². The van der Waals surface area contributed by atoms with Gasteiger partial charge >= 0.3 is 0 Å². The Labute approximate surface area is 240 Å². The molecule has 3 rings (SSSR count). The van der Waals surface area contributed by atoms with Gasteiger partial charge in [-0.05, 0) is 101 Å². The Morgan fingerprint density at radius 3 is 2.70 bits per heavy atom. The van der Waals surface area contributed by atoms with E-state index in [0.717, 1.165) is 59.9 Å². The topological polar surface area (TPSA) is 52.6 Å². The molecule has 0 bridgehead atoms. The maximum absolute atomic E-state index is 12.1. The van der Waals surface area contributed by atoms with Gasteiger partial charge < -0.3 is 15.3 Å². The highest BCUT2D eigenvalue weighted by atomic mass is 32.2. The number of fused-ring (bicyclic) bond motifs is 1. The predicted molar refractivity (Wildman–Crippen MR) is 167 cm³/mol. The molecule has 0 saturated heterocycles. The van der Waals surface area contributed by atoms with Gasteiger partial charge in [0.1, 0.15) is 3.53 Å². The van der Waals surface area contributed by atoms with Crippen molar-refractivity contribution < 1.29 is 9.90 Å². The van der Waals surface area contributed by atoms with Gasteiger partial charge in [0.25, 0.3) is 0 Å². The summed E-state index contributed by atoms with van der Waals surface area (Å²) in [5.41, 5.74) is 3.53. The van der Waals surface area contributed by atoms with E-state index in [0.29, 0.717) is 17.7 Å². The highest BCUT2D eigenvalue weighted by Gasteiger charge is 2.48. The third kappa shape index (κ3) is 10.4. The summed E-state index contributed by atoms with van der Waals surface area (Å²) in [5.74, 6) is 2.97. The number of allylic oxidation sites excluding steroid dienone is 3. The first-order valence-electron chi connectivity index (χ1n) is 14.0. The first kappa shape index (κ1) is 32.4. The van der Waals surface area contributed by atoms with Crippen LogP contribution in [-0.2, 0) is 4.79 Å². The highest BCUT2D eigenvalue weighted by molar-refractivity contribution is 8.47. The minimum atomic E-state index is -0.131. The second-order valence-electron chi connectivity index (χ2n) is 10.9. The molecule has 0 spiro atoms. The van der Waals surface area contributed by atoms with Gasteiger partial charge in [-0.3, -0.25) is 4.79 Å². The molecule has 0 aromatic heterocycles. The summed E-state index contributed by atoms with van der Waals surface area (Å²) in [6.07, 6.45) is 24.6. The lowest BCUT2D eigenvalue weighted by molar-refractivity contribution is -0.118. The van der Waals surface area contributed by atoms with E-state index < -0.39 is 0 Å². The molecule has 1 unspecified atom stereocenters.